The van der Waals surface area contributed by atoms with Crippen LogP contribution in [0.15, 0.2) is 42.0 Å². The smallest absolute Gasteiger partial charge is 0.338 e. The Kier molecular flexibility index (Phi) is 8.75. The summed E-state index contributed by atoms with van der Waals surface area (Å²) in [5.74, 6) is -4.22. The van der Waals surface area contributed by atoms with Crippen LogP contribution in [0.5, 0.6) is 0 Å². The van der Waals surface area contributed by atoms with Crippen LogP contribution in [0.2, 0.25) is 0 Å². The van der Waals surface area contributed by atoms with E-state index >= 15 is 4.79 Å². The van der Waals surface area contributed by atoms with Crippen LogP contribution in [0, 0.1) is 16.7 Å². The van der Waals surface area contributed by atoms with Crippen LogP contribution in [0.3, 0.4) is 0 Å². The number of esters is 3. The quantitative estimate of drug-likeness (QED) is 0.206. The zero-order chi connectivity index (χ0) is 33.1. The molecule has 3 fully saturated rings. The van der Waals surface area contributed by atoms with E-state index in [9.17, 15) is 24.6 Å². The summed E-state index contributed by atoms with van der Waals surface area (Å²) in [6, 6.07) is 8.12. The van der Waals surface area contributed by atoms with Gasteiger partial charge in [0.1, 0.15) is 23.9 Å². The molecule has 2 saturated carbocycles. The molecule has 1 aromatic rings. The fourth-order valence-electron chi connectivity index (χ4n) is 7.80. The fraction of sp³-hybridized carbons (Fsp3) is 0.594. The maximum absolute atomic E-state index is 15.1. The third kappa shape index (κ3) is 5.20. The molecule has 0 unspecified atom stereocenters. The molecule has 9 atom stereocenters. The Morgan fingerprint density at radius 3 is 2.27 bits per heavy atom. The van der Waals surface area contributed by atoms with Crippen molar-refractivity contribution in [2.24, 2.45) is 16.7 Å². The van der Waals surface area contributed by atoms with Gasteiger partial charge >= 0.3 is 17.9 Å². The van der Waals surface area contributed by atoms with E-state index in [1.807, 2.05) is 0 Å². The highest BCUT2D eigenvalue weighted by atomic mass is 32.2. The van der Waals surface area contributed by atoms with E-state index in [1.165, 1.54) is 13.0 Å². The third-order valence-corrected chi connectivity index (χ3v) is 11.1. The molecule has 45 heavy (non-hydrogen) atoms. The summed E-state index contributed by atoms with van der Waals surface area (Å²) in [5.41, 5.74) is -6.54. The first-order valence-corrected chi connectivity index (χ1v) is 16.3. The van der Waals surface area contributed by atoms with Gasteiger partial charge in [0, 0.05) is 32.1 Å². The number of hydrogen-bond acceptors (Lipinski definition) is 13. The lowest BCUT2D eigenvalue weighted by atomic mass is 9.45. The zero-order valence-electron chi connectivity index (χ0n) is 25.9. The van der Waals surface area contributed by atoms with Crippen LogP contribution in [0.4, 0.5) is 0 Å². The molecule has 3 aliphatic carbocycles. The first-order valence-electron chi connectivity index (χ1n) is 14.7. The van der Waals surface area contributed by atoms with Crippen LogP contribution in [0.25, 0.3) is 0 Å². The van der Waals surface area contributed by atoms with Crippen molar-refractivity contribution in [1.82, 2.24) is 0 Å². The SMILES string of the molecule is CSC(=S)O[C@H]1C[C@H]2OC[C@@]2(OC(C)=O)[C@H]2[C@H](OC(=O)c3ccccc3)[C@]3(O)C[C@H](O)C=C([C@@H](OC(C)=O)C(=O)[C@]12C)C3(C)C. The molecular weight excluding hydrogens is 624 g/mol. The van der Waals surface area contributed by atoms with Crippen molar-refractivity contribution >= 4 is 52.1 Å². The maximum Gasteiger partial charge on any atom is 0.338 e. The largest absolute Gasteiger partial charge is 0.474 e. The minimum atomic E-state index is -2.10. The van der Waals surface area contributed by atoms with Crippen molar-refractivity contribution in [1.29, 1.82) is 0 Å². The van der Waals surface area contributed by atoms with Crippen molar-refractivity contribution in [2.45, 2.75) is 89.2 Å². The van der Waals surface area contributed by atoms with Gasteiger partial charge in [-0.1, -0.05) is 49.9 Å². The predicted octanol–water partition coefficient (Wildman–Crippen LogP) is 2.93. The van der Waals surface area contributed by atoms with Crippen LogP contribution in [0.1, 0.15) is 57.8 Å². The second-order valence-electron chi connectivity index (χ2n) is 12.9. The second kappa shape index (κ2) is 11.8. The molecule has 0 aromatic heterocycles. The van der Waals surface area contributed by atoms with Crippen LogP contribution in [-0.2, 0) is 38.1 Å². The topological polar surface area (TPSA) is 155 Å². The molecule has 0 amide bonds. The fourth-order valence-corrected chi connectivity index (χ4v) is 8.13. The molecular formula is C32H38O11S2. The van der Waals surface area contributed by atoms with E-state index < -0.39 is 82.2 Å². The Balaban J connectivity index is 1.84. The number of carbonyl (C=O) groups excluding carboxylic acids is 4. The van der Waals surface area contributed by atoms with E-state index in [1.54, 1.807) is 57.4 Å². The van der Waals surface area contributed by atoms with Gasteiger partial charge in [-0.2, -0.15) is 0 Å². The van der Waals surface area contributed by atoms with E-state index in [2.05, 4.69) is 0 Å². The van der Waals surface area contributed by atoms with Gasteiger partial charge in [-0.3, -0.25) is 14.4 Å². The molecule has 0 radical (unpaired) electrons. The van der Waals surface area contributed by atoms with Crippen molar-refractivity contribution in [3.8, 4) is 0 Å². The van der Waals surface area contributed by atoms with Crippen molar-refractivity contribution in [3.63, 3.8) is 0 Å². The van der Waals surface area contributed by atoms with Crippen LogP contribution in [-0.4, -0.2) is 92.9 Å². The summed E-state index contributed by atoms with van der Waals surface area (Å²) >= 11 is 6.56. The molecule has 1 aromatic carbocycles. The van der Waals surface area contributed by atoms with Crippen LogP contribution >= 0.6 is 24.0 Å². The number of ether oxygens (including phenoxy) is 5. The minimum Gasteiger partial charge on any atom is -0.474 e. The van der Waals surface area contributed by atoms with Gasteiger partial charge in [0.15, 0.2) is 17.5 Å². The standard InChI is InChI=1S/C32H38O11S2/c1-16(33)40-23-20-12-19(35)14-32(38,29(20,3)4)26(42-27(37)18-10-8-7-9-11-18)24-30(5,25(23)36)21(41-28(44)45-6)13-22-31(24,15-39-22)43-17(2)34/h7-12,19,21-24,26,35,38H,13-15H2,1-6H3/t19-,21+,22-,23-,24+,26+,30-,31+,32-/m1/s1. The average molecular weight is 663 g/mol. The first-order chi connectivity index (χ1) is 21.0. The van der Waals surface area contributed by atoms with Gasteiger partial charge in [0.2, 0.25) is 4.38 Å². The molecule has 1 saturated heterocycles. The molecule has 13 heteroatoms. The number of hydrogen-bond donors (Lipinski definition) is 2. The number of aliphatic hydroxyl groups excluding tert-OH is 1. The molecule has 0 spiro atoms. The van der Waals surface area contributed by atoms with Gasteiger partial charge < -0.3 is 33.9 Å². The summed E-state index contributed by atoms with van der Waals surface area (Å²) in [4.78, 5) is 54.3. The lowest BCUT2D eigenvalue weighted by molar-refractivity contribution is -0.344. The monoisotopic (exact) mass is 662 g/mol. The highest BCUT2D eigenvalue weighted by Crippen LogP contribution is 2.64. The lowest BCUT2D eigenvalue weighted by Gasteiger charge is -2.67. The molecule has 1 aliphatic heterocycles. The number of thioether (sulfide) groups is 1. The molecule has 244 valence electrons. The Morgan fingerprint density at radius 2 is 1.71 bits per heavy atom. The van der Waals surface area contributed by atoms with E-state index in [0.29, 0.717) is 0 Å². The number of benzene rings is 1. The Labute approximate surface area is 270 Å². The minimum absolute atomic E-state index is 0.0440. The van der Waals surface area contributed by atoms with Gasteiger partial charge in [-0.15, -0.1) is 0 Å². The van der Waals surface area contributed by atoms with Gasteiger partial charge in [-0.25, -0.2) is 4.79 Å². The number of thiocarbonyl (C=S) groups is 1. The number of fused-ring (bicyclic) bond motifs is 5. The molecule has 4 aliphatic rings. The number of carbonyl (C=O) groups is 4. The van der Waals surface area contributed by atoms with E-state index in [-0.39, 0.29) is 35.0 Å². The third-order valence-electron chi connectivity index (χ3n) is 10.1. The highest BCUT2D eigenvalue weighted by molar-refractivity contribution is 8.22. The van der Waals surface area contributed by atoms with Crippen molar-refractivity contribution in [2.75, 3.05) is 12.9 Å². The van der Waals surface area contributed by atoms with Crippen LogP contribution < -0.4 is 0 Å². The second-order valence-corrected chi connectivity index (χ2v) is 14.3. The maximum atomic E-state index is 15.1. The Morgan fingerprint density at radius 1 is 1.04 bits per heavy atom. The van der Waals surface area contributed by atoms with Crippen molar-refractivity contribution in [3.05, 3.63) is 47.5 Å². The average Bonchev–Trinajstić information content (AvgIpc) is 2.96. The Hall–Kier alpha value is -2.84. The van der Waals surface area contributed by atoms with Gasteiger partial charge in [0.25, 0.3) is 0 Å². The zero-order valence-corrected chi connectivity index (χ0v) is 27.6. The van der Waals surface area contributed by atoms with Gasteiger partial charge in [0.05, 0.1) is 29.6 Å². The molecule has 11 nitrogen and oxygen atoms in total. The van der Waals surface area contributed by atoms with E-state index in [0.717, 1.165) is 18.7 Å². The number of Topliss-reactive ketones (excluding diaryl/α,β-unsaturated/α-hetero) is 1. The summed E-state index contributed by atoms with van der Waals surface area (Å²) in [6.07, 6.45) is -3.50. The first kappa shape index (κ1) is 33.5. The Bertz CT molecular complexity index is 1440. The summed E-state index contributed by atoms with van der Waals surface area (Å²) in [5, 5.41) is 24.1. The summed E-state index contributed by atoms with van der Waals surface area (Å²) < 4.78 is 30.3. The summed E-state index contributed by atoms with van der Waals surface area (Å²) in [6.45, 7) is 7.03. The molecule has 5 rings (SSSR count). The molecule has 2 N–H and O–H groups in total. The normalized spacial score (nSPS) is 38.0. The van der Waals surface area contributed by atoms with E-state index in [4.69, 9.17) is 35.9 Å². The number of rotatable bonds is 5. The van der Waals surface area contributed by atoms with Crippen molar-refractivity contribution < 1.29 is 53.1 Å². The number of aliphatic hydroxyl groups is 2. The lowest BCUT2D eigenvalue weighted by Crippen LogP contribution is -2.82. The van der Waals surface area contributed by atoms with Gasteiger partial charge in [-0.05, 0) is 43.1 Å². The molecule has 1 heterocycles. The number of ketones is 1. The highest BCUT2D eigenvalue weighted by Gasteiger charge is 2.78. The summed E-state index contributed by atoms with van der Waals surface area (Å²) in [7, 11) is 0. The molecule has 2 bridgehead atoms. The predicted molar refractivity (Wildman–Crippen MR) is 165 cm³/mol.